The molecule has 9 heteroatoms. The zero-order chi connectivity index (χ0) is 18.4. The first kappa shape index (κ1) is 17.1. The second-order valence-corrected chi connectivity index (χ2v) is 7.60. The molecule has 4 rings (SSSR count). The Morgan fingerprint density at radius 2 is 1.96 bits per heavy atom. The van der Waals surface area contributed by atoms with Gasteiger partial charge in [-0.25, -0.2) is 0 Å². The zero-order valence-electron chi connectivity index (χ0n) is 13.4. The van der Waals surface area contributed by atoms with E-state index in [4.69, 9.17) is 28.6 Å². The predicted molar refractivity (Wildman–Crippen MR) is 106 cm³/mol. The molecule has 0 unspecified atom stereocenters. The topological polar surface area (TPSA) is 73.8 Å². The molecule has 0 fully saturated rings. The summed E-state index contributed by atoms with van der Waals surface area (Å²) in [5.74, 6) is -0.461. The fraction of sp³-hybridized carbons (Fsp3) is 0.0588. The number of halogens is 2. The molecule has 0 saturated heterocycles. The van der Waals surface area contributed by atoms with E-state index in [1.165, 1.54) is 16.8 Å². The third-order valence-corrected chi connectivity index (χ3v) is 5.01. The number of nitrogens with zero attached hydrogens (tertiary/aromatic N) is 4. The third-order valence-electron chi connectivity index (χ3n) is 3.75. The molecule has 2 aliphatic rings. The van der Waals surface area contributed by atoms with E-state index < -0.39 is 5.91 Å². The van der Waals surface area contributed by atoms with Gasteiger partial charge in [-0.1, -0.05) is 23.2 Å². The van der Waals surface area contributed by atoms with Crippen molar-refractivity contribution in [3.8, 4) is 5.69 Å². The average Bonchev–Trinajstić information content (AvgIpc) is 3.16. The van der Waals surface area contributed by atoms with Gasteiger partial charge in [0.1, 0.15) is 0 Å². The van der Waals surface area contributed by atoms with E-state index in [1.807, 2.05) is 22.9 Å². The van der Waals surface area contributed by atoms with Crippen LogP contribution in [0.1, 0.15) is 12.6 Å². The minimum Gasteiger partial charge on any atom is -0.317 e. The second-order valence-electron chi connectivity index (χ2n) is 5.57. The summed E-state index contributed by atoms with van der Waals surface area (Å²) in [6.07, 6.45) is 3.45. The van der Waals surface area contributed by atoms with Crippen molar-refractivity contribution in [3.05, 3.63) is 57.8 Å². The number of rotatable bonds is 2. The third kappa shape index (κ3) is 2.98. The number of hydrogen-bond donors (Lipinski definition) is 1. The molecule has 0 bridgehead atoms. The van der Waals surface area contributed by atoms with Crippen LogP contribution in [0.5, 0.6) is 0 Å². The molecule has 1 amide bonds. The quantitative estimate of drug-likeness (QED) is 0.753. The van der Waals surface area contributed by atoms with Crippen molar-refractivity contribution < 1.29 is 4.79 Å². The monoisotopic (exact) mass is 403 g/mol. The maximum Gasteiger partial charge on any atom is 0.283 e. The number of amidine groups is 2. The molecule has 6 nitrogen and oxygen atoms in total. The molecule has 1 aromatic heterocycles. The maximum absolute atomic E-state index is 12.4. The van der Waals surface area contributed by atoms with Crippen LogP contribution in [0.3, 0.4) is 0 Å². The van der Waals surface area contributed by atoms with E-state index in [2.05, 4.69) is 10.1 Å². The Morgan fingerprint density at radius 3 is 2.69 bits per heavy atom. The van der Waals surface area contributed by atoms with Gasteiger partial charge in [-0.05, 0) is 55.1 Å². The van der Waals surface area contributed by atoms with Crippen LogP contribution in [0, 0.1) is 5.41 Å². The van der Waals surface area contributed by atoms with Crippen molar-refractivity contribution in [1.29, 1.82) is 5.41 Å². The van der Waals surface area contributed by atoms with E-state index in [0.29, 0.717) is 20.9 Å². The molecule has 0 radical (unpaired) electrons. The van der Waals surface area contributed by atoms with Gasteiger partial charge in [0.25, 0.3) is 5.91 Å². The van der Waals surface area contributed by atoms with Crippen molar-refractivity contribution in [2.45, 2.75) is 6.92 Å². The molecular formula is C17H11Cl2N5OS. The lowest BCUT2D eigenvalue weighted by Crippen LogP contribution is -2.35. The average molecular weight is 404 g/mol. The fourth-order valence-electron chi connectivity index (χ4n) is 2.66. The van der Waals surface area contributed by atoms with Crippen LogP contribution in [0.25, 0.3) is 11.8 Å². The summed E-state index contributed by atoms with van der Waals surface area (Å²) in [7, 11) is 0. The number of aliphatic imine (C=N–C) groups is 1. The van der Waals surface area contributed by atoms with Gasteiger partial charge in [-0.3, -0.25) is 10.2 Å². The van der Waals surface area contributed by atoms with Gasteiger partial charge in [0.15, 0.2) is 5.84 Å². The number of carbonyl (C=O) groups is 1. The highest BCUT2D eigenvalue weighted by atomic mass is 35.5. The number of hydrazone groups is 1. The Labute approximate surface area is 163 Å². The van der Waals surface area contributed by atoms with E-state index in [0.717, 1.165) is 10.7 Å². The summed E-state index contributed by atoms with van der Waals surface area (Å²) in [5, 5.41) is 16.1. The van der Waals surface area contributed by atoms with Crippen LogP contribution in [-0.2, 0) is 4.79 Å². The van der Waals surface area contributed by atoms with Gasteiger partial charge in [0.2, 0.25) is 5.17 Å². The van der Waals surface area contributed by atoms with Crippen molar-refractivity contribution in [2.24, 2.45) is 10.1 Å². The van der Waals surface area contributed by atoms with Crippen LogP contribution < -0.4 is 0 Å². The van der Waals surface area contributed by atoms with E-state index in [9.17, 15) is 4.79 Å². The van der Waals surface area contributed by atoms with Gasteiger partial charge in [-0.2, -0.15) is 15.1 Å². The molecule has 26 heavy (non-hydrogen) atoms. The smallest absolute Gasteiger partial charge is 0.283 e. The lowest BCUT2D eigenvalue weighted by Gasteiger charge is -2.20. The van der Waals surface area contributed by atoms with Crippen molar-refractivity contribution in [3.63, 3.8) is 0 Å². The summed E-state index contributed by atoms with van der Waals surface area (Å²) in [5.41, 5.74) is 1.62. The SMILES string of the molecule is CC1=NN2C(=N)/C(=C/c3cccn3-c3cc(Cl)cc(Cl)c3)C(=O)N=C2S1. The highest BCUT2D eigenvalue weighted by molar-refractivity contribution is 8.26. The number of nitrogens with one attached hydrogen (secondary N) is 1. The highest BCUT2D eigenvalue weighted by Crippen LogP contribution is 2.29. The Kier molecular flexibility index (Phi) is 4.22. The maximum atomic E-state index is 12.4. The number of benzene rings is 1. The van der Waals surface area contributed by atoms with E-state index >= 15 is 0 Å². The van der Waals surface area contributed by atoms with Crippen LogP contribution in [-0.4, -0.2) is 31.5 Å². The number of thioether (sulfide) groups is 1. The molecule has 1 aromatic carbocycles. The van der Waals surface area contributed by atoms with Gasteiger partial charge >= 0.3 is 0 Å². The largest absolute Gasteiger partial charge is 0.317 e. The highest BCUT2D eigenvalue weighted by Gasteiger charge is 2.34. The molecule has 0 spiro atoms. The standard InChI is InChI=1S/C17H11Cl2N5OS/c1-9-22-24-15(20)14(16(25)21-17(24)26-9)8-12-3-2-4-23(12)13-6-10(18)5-11(19)7-13/h2-8,20H,1H3/b14-8-,20-15?. The van der Waals surface area contributed by atoms with Crippen LogP contribution in [0.4, 0.5) is 0 Å². The van der Waals surface area contributed by atoms with Crippen molar-refractivity contribution in [2.75, 3.05) is 0 Å². The van der Waals surface area contributed by atoms with Crippen molar-refractivity contribution >= 4 is 63.0 Å². The summed E-state index contributed by atoms with van der Waals surface area (Å²) in [6.45, 7) is 1.81. The molecule has 130 valence electrons. The minimum atomic E-state index is -0.462. The summed E-state index contributed by atoms with van der Waals surface area (Å²) < 4.78 is 1.83. The van der Waals surface area contributed by atoms with Gasteiger partial charge in [-0.15, -0.1) is 0 Å². The predicted octanol–water partition coefficient (Wildman–Crippen LogP) is 4.42. The Hall–Kier alpha value is -2.35. The summed E-state index contributed by atoms with van der Waals surface area (Å²) >= 11 is 13.5. The molecule has 0 aliphatic carbocycles. The van der Waals surface area contributed by atoms with E-state index in [1.54, 1.807) is 31.2 Å². The van der Waals surface area contributed by atoms with Crippen LogP contribution >= 0.6 is 35.0 Å². The Balaban J connectivity index is 1.78. The van der Waals surface area contributed by atoms with E-state index in [-0.39, 0.29) is 11.4 Å². The molecule has 3 heterocycles. The lowest BCUT2D eigenvalue weighted by molar-refractivity contribution is -0.114. The number of amides is 1. The zero-order valence-corrected chi connectivity index (χ0v) is 15.7. The Bertz CT molecular complexity index is 1030. The number of fused-ring (bicyclic) bond motifs is 1. The first-order valence-electron chi connectivity index (χ1n) is 7.53. The van der Waals surface area contributed by atoms with Crippen LogP contribution in [0.15, 0.2) is 52.2 Å². The lowest BCUT2D eigenvalue weighted by atomic mass is 10.1. The Morgan fingerprint density at radius 1 is 1.23 bits per heavy atom. The normalized spacial score (nSPS) is 18.3. The van der Waals surface area contributed by atoms with Crippen LogP contribution in [0.2, 0.25) is 10.0 Å². The molecular weight excluding hydrogens is 393 g/mol. The first-order valence-corrected chi connectivity index (χ1v) is 9.10. The molecule has 2 aromatic rings. The molecule has 2 aliphatic heterocycles. The van der Waals surface area contributed by atoms with Gasteiger partial charge < -0.3 is 4.57 Å². The van der Waals surface area contributed by atoms with Gasteiger partial charge in [0.05, 0.1) is 10.6 Å². The molecule has 0 saturated carbocycles. The minimum absolute atomic E-state index is 0.00114. The fourth-order valence-corrected chi connectivity index (χ4v) is 3.91. The number of hydrogen-bond acceptors (Lipinski definition) is 4. The number of carbonyl (C=O) groups excluding carboxylic acids is 1. The van der Waals surface area contributed by atoms with Gasteiger partial charge in [0, 0.05) is 27.6 Å². The summed E-state index contributed by atoms with van der Waals surface area (Å²) in [4.78, 5) is 16.4. The molecule has 1 N–H and O–H groups in total. The van der Waals surface area contributed by atoms with Crippen molar-refractivity contribution in [1.82, 2.24) is 9.58 Å². The number of aromatic nitrogens is 1. The first-order chi connectivity index (χ1) is 12.4. The second kappa shape index (κ2) is 6.42. The molecule has 0 atom stereocenters. The summed E-state index contributed by atoms with van der Waals surface area (Å²) in [6, 6.07) is 8.85.